The normalized spacial score (nSPS) is 11.1. The molecule has 4 rings (SSSR count). The second-order valence-electron chi connectivity index (χ2n) is 6.22. The van der Waals surface area contributed by atoms with Crippen molar-refractivity contribution < 1.29 is 4.79 Å². The average molecular weight is 363 g/mol. The van der Waals surface area contributed by atoms with E-state index in [1.807, 2.05) is 18.2 Å². The molecule has 9 nitrogen and oxygen atoms in total. The Kier molecular flexibility index (Phi) is 3.84. The number of nitrogens with one attached hydrogen (secondary N) is 2. The molecule has 0 bridgehead atoms. The number of nitrogens with zero attached hydrogens (tertiary/aromatic N) is 5. The van der Waals surface area contributed by atoms with Crippen LogP contribution in [0.3, 0.4) is 0 Å². The molecular formula is C18H17N7O2. The second-order valence-corrected chi connectivity index (χ2v) is 6.22. The fourth-order valence-electron chi connectivity index (χ4n) is 2.98. The maximum atomic E-state index is 12.9. The van der Waals surface area contributed by atoms with E-state index < -0.39 is 0 Å². The smallest absolute Gasteiger partial charge is 0.275 e. The first-order valence-corrected chi connectivity index (χ1v) is 8.32. The van der Waals surface area contributed by atoms with Crippen LogP contribution in [0.4, 0.5) is 5.82 Å². The van der Waals surface area contributed by atoms with Crippen molar-refractivity contribution in [3.8, 4) is 5.95 Å². The number of aromatic nitrogens is 6. The average Bonchev–Trinajstić information content (AvgIpc) is 3.12. The molecule has 136 valence electrons. The van der Waals surface area contributed by atoms with E-state index in [9.17, 15) is 9.59 Å². The van der Waals surface area contributed by atoms with Crippen LogP contribution in [0.5, 0.6) is 0 Å². The van der Waals surface area contributed by atoms with Gasteiger partial charge in [-0.05, 0) is 32.9 Å². The molecule has 9 heteroatoms. The molecule has 0 fully saturated rings. The zero-order valence-corrected chi connectivity index (χ0v) is 15.0. The minimum atomic E-state index is -0.331. The molecule has 0 spiro atoms. The Balaban J connectivity index is 1.76. The quantitative estimate of drug-likeness (QED) is 0.576. The van der Waals surface area contributed by atoms with Crippen molar-refractivity contribution in [3.63, 3.8) is 0 Å². The van der Waals surface area contributed by atoms with E-state index in [0.717, 1.165) is 0 Å². The number of aryl methyl sites for hydroxylation is 3. The summed E-state index contributed by atoms with van der Waals surface area (Å²) in [4.78, 5) is 36.0. The van der Waals surface area contributed by atoms with Crippen molar-refractivity contribution in [1.29, 1.82) is 0 Å². The SMILES string of the molecule is Cc1cc(=O)[nH]c(-n2nc(C)cc2NC(=O)c2c(C)nc3ccccn23)n1. The van der Waals surface area contributed by atoms with E-state index in [2.05, 4.69) is 25.4 Å². The number of carbonyl (C=O) groups excluding carboxylic acids is 1. The van der Waals surface area contributed by atoms with Gasteiger partial charge in [-0.15, -0.1) is 0 Å². The van der Waals surface area contributed by atoms with Gasteiger partial charge in [0.2, 0.25) is 5.95 Å². The molecule has 0 saturated heterocycles. The molecule has 4 heterocycles. The summed E-state index contributed by atoms with van der Waals surface area (Å²) in [5.41, 5.74) is 2.67. The molecule has 0 atom stereocenters. The third-order valence-corrected chi connectivity index (χ3v) is 4.05. The molecular weight excluding hydrogens is 346 g/mol. The molecule has 4 aromatic heterocycles. The van der Waals surface area contributed by atoms with Crippen LogP contribution < -0.4 is 10.9 Å². The molecule has 0 aliphatic carbocycles. The summed E-state index contributed by atoms with van der Waals surface area (Å²) in [6, 6.07) is 8.63. The van der Waals surface area contributed by atoms with Crippen LogP contribution in [0.1, 0.15) is 27.6 Å². The Morgan fingerprint density at radius 2 is 1.93 bits per heavy atom. The van der Waals surface area contributed by atoms with Gasteiger partial charge >= 0.3 is 0 Å². The van der Waals surface area contributed by atoms with Gasteiger partial charge in [-0.3, -0.25) is 19.0 Å². The first kappa shape index (κ1) is 16.7. The van der Waals surface area contributed by atoms with Crippen LogP contribution in [-0.2, 0) is 0 Å². The molecule has 1 amide bonds. The number of amides is 1. The molecule has 0 aliphatic heterocycles. The number of rotatable bonds is 3. The number of hydrogen-bond donors (Lipinski definition) is 2. The molecule has 4 aromatic rings. The minimum Gasteiger partial charge on any atom is -0.305 e. The maximum Gasteiger partial charge on any atom is 0.275 e. The van der Waals surface area contributed by atoms with Gasteiger partial charge in [0.15, 0.2) is 0 Å². The monoisotopic (exact) mass is 363 g/mol. The topological polar surface area (TPSA) is 110 Å². The zero-order chi connectivity index (χ0) is 19.1. The van der Waals surface area contributed by atoms with Gasteiger partial charge < -0.3 is 5.32 Å². The molecule has 27 heavy (non-hydrogen) atoms. The van der Waals surface area contributed by atoms with Crippen LogP contribution >= 0.6 is 0 Å². The predicted molar refractivity (Wildman–Crippen MR) is 99.3 cm³/mol. The third-order valence-electron chi connectivity index (χ3n) is 4.05. The Labute approximate surface area is 153 Å². The summed E-state index contributed by atoms with van der Waals surface area (Å²) in [6.45, 7) is 5.29. The van der Waals surface area contributed by atoms with Gasteiger partial charge in [-0.25, -0.2) is 9.97 Å². The lowest BCUT2D eigenvalue weighted by atomic mass is 10.3. The first-order valence-electron chi connectivity index (χ1n) is 8.32. The summed E-state index contributed by atoms with van der Waals surface area (Å²) in [7, 11) is 0. The summed E-state index contributed by atoms with van der Waals surface area (Å²) in [5, 5.41) is 7.17. The second kappa shape index (κ2) is 6.20. The van der Waals surface area contributed by atoms with Gasteiger partial charge in [0.25, 0.3) is 11.5 Å². The lowest BCUT2D eigenvalue weighted by Crippen LogP contribution is -2.20. The van der Waals surface area contributed by atoms with Crippen molar-refractivity contribution in [3.05, 3.63) is 69.7 Å². The first-order chi connectivity index (χ1) is 12.9. The largest absolute Gasteiger partial charge is 0.305 e. The van der Waals surface area contributed by atoms with E-state index in [4.69, 9.17) is 0 Å². The standard InChI is InChI=1S/C18H17N7O2/c1-10-9-15(26)22-18(19-10)25-14(8-11(2)23-25)21-17(27)16-12(3)20-13-6-4-5-7-24(13)16/h4-9H,1-3H3,(H,21,27)(H,19,22,26). The fraction of sp³-hybridized carbons (Fsp3) is 0.167. The fourth-order valence-corrected chi connectivity index (χ4v) is 2.98. The van der Waals surface area contributed by atoms with Gasteiger partial charge in [-0.1, -0.05) is 6.07 Å². The van der Waals surface area contributed by atoms with E-state index in [-0.39, 0.29) is 17.4 Å². The third kappa shape index (κ3) is 2.99. The Bertz CT molecular complexity index is 1230. The molecule has 2 N–H and O–H groups in total. The van der Waals surface area contributed by atoms with Crippen molar-refractivity contribution in [1.82, 2.24) is 29.1 Å². The number of H-pyrrole nitrogens is 1. The van der Waals surface area contributed by atoms with Crippen LogP contribution in [-0.4, -0.2) is 35.0 Å². The molecule has 0 aliphatic rings. The molecule has 0 saturated carbocycles. The number of imidazole rings is 1. The molecule has 0 unspecified atom stereocenters. The lowest BCUT2D eigenvalue weighted by Gasteiger charge is -2.09. The van der Waals surface area contributed by atoms with Crippen molar-refractivity contribution in [2.75, 3.05) is 5.32 Å². The summed E-state index contributed by atoms with van der Waals surface area (Å²) in [5.74, 6) is 0.303. The number of aromatic amines is 1. The van der Waals surface area contributed by atoms with Crippen LogP contribution in [0.2, 0.25) is 0 Å². The number of anilines is 1. The van der Waals surface area contributed by atoms with Crippen LogP contribution in [0, 0.1) is 20.8 Å². The lowest BCUT2D eigenvalue weighted by molar-refractivity contribution is 0.102. The van der Waals surface area contributed by atoms with Gasteiger partial charge in [0.05, 0.1) is 11.4 Å². The number of fused-ring (bicyclic) bond motifs is 1. The Morgan fingerprint density at radius 3 is 2.70 bits per heavy atom. The van der Waals surface area contributed by atoms with Crippen molar-refractivity contribution in [2.24, 2.45) is 0 Å². The number of carbonyl (C=O) groups is 1. The highest BCUT2D eigenvalue weighted by atomic mass is 16.2. The summed E-state index contributed by atoms with van der Waals surface area (Å²) < 4.78 is 3.13. The van der Waals surface area contributed by atoms with E-state index in [0.29, 0.717) is 34.2 Å². The zero-order valence-electron chi connectivity index (χ0n) is 15.0. The van der Waals surface area contributed by atoms with Crippen LogP contribution in [0.15, 0.2) is 41.3 Å². The van der Waals surface area contributed by atoms with Crippen molar-refractivity contribution in [2.45, 2.75) is 20.8 Å². The van der Waals surface area contributed by atoms with Gasteiger partial charge in [0.1, 0.15) is 17.2 Å². The summed E-state index contributed by atoms with van der Waals surface area (Å²) in [6.07, 6.45) is 1.78. The number of pyridine rings is 1. The van der Waals surface area contributed by atoms with Gasteiger partial charge in [0, 0.05) is 24.0 Å². The Morgan fingerprint density at radius 1 is 1.11 bits per heavy atom. The molecule has 0 aromatic carbocycles. The van der Waals surface area contributed by atoms with Crippen LogP contribution in [0.25, 0.3) is 11.6 Å². The van der Waals surface area contributed by atoms with E-state index in [1.54, 1.807) is 37.4 Å². The van der Waals surface area contributed by atoms with E-state index in [1.165, 1.54) is 10.7 Å². The predicted octanol–water partition coefficient (Wildman–Crippen LogP) is 1.78. The summed E-state index contributed by atoms with van der Waals surface area (Å²) >= 11 is 0. The van der Waals surface area contributed by atoms with Crippen molar-refractivity contribution >= 4 is 17.4 Å². The Hall–Kier alpha value is -3.75. The highest BCUT2D eigenvalue weighted by Crippen LogP contribution is 2.17. The molecule has 0 radical (unpaired) electrons. The minimum absolute atomic E-state index is 0.235. The number of hydrogen-bond acceptors (Lipinski definition) is 5. The maximum absolute atomic E-state index is 12.9. The van der Waals surface area contributed by atoms with Gasteiger partial charge in [-0.2, -0.15) is 9.78 Å². The van der Waals surface area contributed by atoms with E-state index >= 15 is 0 Å². The highest BCUT2D eigenvalue weighted by molar-refractivity contribution is 6.04. The highest BCUT2D eigenvalue weighted by Gasteiger charge is 2.19.